The highest BCUT2D eigenvalue weighted by atomic mass is 19.1. The third-order valence-electron chi connectivity index (χ3n) is 5.88. The minimum Gasteiger partial charge on any atom is -0.507 e. The molecule has 1 aliphatic heterocycles. The lowest BCUT2D eigenvalue weighted by molar-refractivity contribution is -0.132. The third-order valence-corrected chi connectivity index (χ3v) is 5.88. The largest absolute Gasteiger partial charge is 0.507 e. The average Bonchev–Trinajstić information content (AvgIpc) is 3.39. The molecule has 1 atom stereocenters. The van der Waals surface area contributed by atoms with Crippen LogP contribution in [0.3, 0.4) is 0 Å². The highest BCUT2D eigenvalue weighted by Gasteiger charge is 2.48. The zero-order valence-electron chi connectivity index (χ0n) is 20.4. The molecule has 188 valence electrons. The number of amides is 1. The van der Waals surface area contributed by atoms with Crippen LogP contribution in [0.25, 0.3) is 5.76 Å². The van der Waals surface area contributed by atoms with Gasteiger partial charge in [-0.2, -0.15) is 0 Å². The molecule has 1 aliphatic rings. The van der Waals surface area contributed by atoms with E-state index in [9.17, 15) is 19.1 Å². The zero-order chi connectivity index (χ0) is 26.0. The molecule has 2 aromatic carbocycles. The normalized spacial score (nSPS) is 17.2. The van der Waals surface area contributed by atoms with Crippen LogP contribution < -0.4 is 14.4 Å². The number of rotatable bonds is 8. The van der Waals surface area contributed by atoms with Crippen LogP contribution in [-0.4, -0.2) is 35.7 Å². The summed E-state index contributed by atoms with van der Waals surface area (Å²) in [6.45, 7) is 6.35. The van der Waals surface area contributed by atoms with E-state index in [1.54, 1.807) is 25.1 Å². The highest BCUT2D eigenvalue weighted by Crippen LogP contribution is 2.44. The van der Waals surface area contributed by atoms with Crippen molar-refractivity contribution in [2.24, 2.45) is 5.92 Å². The van der Waals surface area contributed by atoms with Crippen LogP contribution >= 0.6 is 0 Å². The highest BCUT2D eigenvalue weighted by molar-refractivity contribution is 6.51. The Morgan fingerprint density at radius 3 is 2.47 bits per heavy atom. The van der Waals surface area contributed by atoms with Crippen LogP contribution in [0.2, 0.25) is 0 Å². The second-order valence-corrected chi connectivity index (χ2v) is 8.91. The summed E-state index contributed by atoms with van der Waals surface area (Å²) in [7, 11) is 1.49. The maximum atomic E-state index is 13.5. The molecule has 0 radical (unpaired) electrons. The standard InChI is InChI=1S/C27H27FN2O6/c1-15(2)11-12-35-20-10-7-18(14-21(20)34-4)24-23(25(31)17-5-8-19(28)9-6-17)26(32)27(33)30(24)22-13-16(3)36-29-22/h5-10,13-15,24,31H,11-12H2,1-4H3/b25-23+/t24-/m0/s1. The molecule has 0 saturated carbocycles. The van der Waals surface area contributed by atoms with Gasteiger partial charge >= 0.3 is 5.91 Å². The number of carbonyl (C=O) groups excluding carboxylic acids is 2. The predicted molar refractivity (Wildman–Crippen MR) is 130 cm³/mol. The Balaban J connectivity index is 1.84. The number of hydrogen-bond donors (Lipinski definition) is 1. The molecule has 1 fully saturated rings. The number of ether oxygens (including phenoxy) is 2. The van der Waals surface area contributed by atoms with E-state index >= 15 is 0 Å². The lowest BCUT2D eigenvalue weighted by Crippen LogP contribution is -2.29. The summed E-state index contributed by atoms with van der Waals surface area (Å²) in [6, 6.07) is 10.5. The van der Waals surface area contributed by atoms with Crippen molar-refractivity contribution in [2.45, 2.75) is 33.2 Å². The number of benzene rings is 2. The van der Waals surface area contributed by atoms with E-state index in [0.29, 0.717) is 35.3 Å². The van der Waals surface area contributed by atoms with E-state index in [4.69, 9.17) is 14.0 Å². The van der Waals surface area contributed by atoms with Crippen LogP contribution in [0.4, 0.5) is 10.2 Å². The maximum Gasteiger partial charge on any atom is 0.301 e. The van der Waals surface area contributed by atoms with E-state index in [2.05, 4.69) is 19.0 Å². The molecular formula is C27H27FN2O6. The number of aryl methyl sites for hydroxylation is 1. The summed E-state index contributed by atoms with van der Waals surface area (Å²) in [6.07, 6.45) is 0.855. The number of aromatic nitrogens is 1. The Labute approximate surface area is 207 Å². The smallest absolute Gasteiger partial charge is 0.301 e. The van der Waals surface area contributed by atoms with Crippen molar-refractivity contribution in [1.29, 1.82) is 0 Å². The summed E-state index contributed by atoms with van der Waals surface area (Å²) in [5.41, 5.74) is 0.505. The summed E-state index contributed by atoms with van der Waals surface area (Å²) >= 11 is 0. The van der Waals surface area contributed by atoms with E-state index < -0.39 is 29.3 Å². The van der Waals surface area contributed by atoms with Gasteiger partial charge in [0, 0.05) is 11.6 Å². The second kappa shape index (κ2) is 10.2. The van der Waals surface area contributed by atoms with Crippen molar-refractivity contribution in [3.05, 3.63) is 76.8 Å². The number of Topliss-reactive ketones (excluding diaryl/α,β-unsaturated/α-hetero) is 1. The van der Waals surface area contributed by atoms with Gasteiger partial charge < -0.3 is 19.1 Å². The summed E-state index contributed by atoms with van der Waals surface area (Å²) < 4.78 is 30.0. The summed E-state index contributed by atoms with van der Waals surface area (Å²) in [5.74, 6) is -0.782. The molecule has 9 heteroatoms. The van der Waals surface area contributed by atoms with E-state index in [0.717, 1.165) is 18.6 Å². The van der Waals surface area contributed by atoms with Gasteiger partial charge in [-0.3, -0.25) is 14.5 Å². The Morgan fingerprint density at radius 2 is 1.86 bits per heavy atom. The number of halogens is 1. The summed E-state index contributed by atoms with van der Waals surface area (Å²) in [5, 5.41) is 15.0. The van der Waals surface area contributed by atoms with Crippen molar-refractivity contribution in [3.8, 4) is 11.5 Å². The van der Waals surface area contributed by atoms with E-state index in [-0.39, 0.29) is 17.0 Å². The Morgan fingerprint density at radius 1 is 1.14 bits per heavy atom. The first kappa shape index (κ1) is 25.0. The fraction of sp³-hybridized carbons (Fsp3) is 0.296. The first-order valence-corrected chi connectivity index (χ1v) is 11.5. The molecule has 4 rings (SSSR count). The molecule has 0 unspecified atom stereocenters. The number of ketones is 1. The van der Waals surface area contributed by atoms with Gasteiger partial charge in [0.05, 0.1) is 25.3 Å². The van der Waals surface area contributed by atoms with Gasteiger partial charge in [-0.1, -0.05) is 25.1 Å². The van der Waals surface area contributed by atoms with Gasteiger partial charge in [-0.15, -0.1) is 0 Å². The zero-order valence-corrected chi connectivity index (χ0v) is 20.4. The molecule has 8 nitrogen and oxygen atoms in total. The topological polar surface area (TPSA) is 102 Å². The Hall–Kier alpha value is -4.14. The number of hydrogen-bond acceptors (Lipinski definition) is 7. The fourth-order valence-corrected chi connectivity index (χ4v) is 3.99. The third kappa shape index (κ3) is 4.82. The molecule has 36 heavy (non-hydrogen) atoms. The molecular weight excluding hydrogens is 467 g/mol. The van der Waals surface area contributed by atoms with Gasteiger partial charge in [-0.25, -0.2) is 4.39 Å². The molecule has 1 aromatic heterocycles. The Bertz CT molecular complexity index is 1310. The van der Waals surface area contributed by atoms with Crippen LogP contribution in [0.5, 0.6) is 11.5 Å². The lowest BCUT2D eigenvalue weighted by atomic mass is 9.95. The average molecular weight is 495 g/mol. The first-order chi connectivity index (χ1) is 17.2. The molecule has 2 heterocycles. The number of aliphatic hydroxyl groups excluding tert-OH is 1. The monoisotopic (exact) mass is 494 g/mol. The Kier molecular flexibility index (Phi) is 7.10. The van der Waals surface area contributed by atoms with Gasteiger partial charge in [0.2, 0.25) is 0 Å². The number of aliphatic hydroxyl groups is 1. The van der Waals surface area contributed by atoms with Crippen LogP contribution in [0.1, 0.15) is 43.2 Å². The quantitative estimate of drug-likeness (QED) is 0.261. The fourth-order valence-electron chi connectivity index (χ4n) is 3.99. The van der Waals surface area contributed by atoms with Crippen molar-refractivity contribution in [1.82, 2.24) is 5.16 Å². The molecule has 3 aromatic rings. The molecule has 1 N–H and O–H groups in total. The predicted octanol–water partition coefficient (Wildman–Crippen LogP) is 5.18. The van der Waals surface area contributed by atoms with Crippen LogP contribution in [0.15, 0.2) is 58.6 Å². The number of nitrogens with zero attached hydrogens (tertiary/aromatic N) is 2. The minimum atomic E-state index is -1.04. The van der Waals surface area contributed by atoms with Crippen LogP contribution in [-0.2, 0) is 9.59 Å². The van der Waals surface area contributed by atoms with E-state index in [1.807, 2.05) is 0 Å². The van der Waals surface area contributed by atoms with Crippen molar-refractivity contribution >= 4 is 23.3 Å². The molecule has 0 spiro atoms. The molecule has 1 amide bonds. The van der Waals surface area contributed by atoms with Crippen molar-refractivity contribution in [3.63, 3.8) is 0 Å². The van der Waals surface area contributed by atoms with Crippen molar-refractivity contribution in [2.75, 3.05) is 18.6 Å². The number of methoxy groups -OCH3 is 1. The van der Waals surface area contributed by atoms with Gasteiger partial charge in [-0.05, 0) is 61.2 Å². The second-order valence-electron chi connectivity index (χ2n) is 8.91. The molecule has 0 aliphatic carbocycles. The van der Waals surface area contributed by atoms with Crippen LogP contribution in [0, 0.1) is 18.7 Å². The minimum absolute atomic E-state index is 0.119. The first-order valence-electron chi connectivity index (χ1n) is 11.5. The SMILES string of the molecule is COc1cc([C@H]2/C(=C(\O)c3ccc(F)cc3)C(=O)C(=O)N2c2cc(C)on2)ccc1OCCC(C)C. The molecule has 1 saturated heterocycles. The summed E-state index contributed by atoms with van der Waals surface area (Å²) in [4.78, 5) is 27.5. The number of anilines is 1. The lowest BCUT2D eigenvalue weighted by Gasteiger charge is -2.24. The van der Waals surface area contributed by atoms with Crippen molar-refractivity contribution < 1.29 is 33.1 Å². The number of carbonyl (C=O) groups is 2. The molecule has 0 bridgehead atoms. The van der Waals surface area contributed by atoms with E-state index in [1.165, 1.54) is 30.2 Å². The maximum absolute atomic E-state index is 13.5. The van der Waals surface area contributed by atoms with Gasteiger partial charge in [0.15, 0.2) is 17.3 Å². The van der Waals surface area contributed by atoms with Gasteiger partial charge in [0.1, 0.15) is 17.3 Å². The van der Waals surface area contributed by atoms with Gasteiger partial charge in [0.25, 0.3) is 5.78 Å².